The van der Waals surface area contributed by atoms with Crippen LogP contribution in [0.1, 0.15) is 34.1 Å². The third kappa shape index (κ3) is 7.68. The summed E-state index contributed by atoms with van der Waals surface area (Å²) in [6.45, 7) is 7.82. The summed E-state index contributed by atoms with van der Waals surface area (Å²) in [5.74, 6) is 0.838. The molecule has 0 spiro atoms. The number of hydrogen-bond acceptors (Lipinski definition) is 4. The van der Waals surface area contributed by atoms with Gasteiger partial charge in [-0.15, -0.1) is 0 Å². The molecule has 3 nitrogen and oxygen atoms in total. The maximum absolute atomic E-state index is 11.7. The van der Waals surface area contributed by atoms with Gasteiger partial charge in [0.25, 0.3) is 0 Å². The molecule has 4 heteroatoms. The van der Waals surface area contributed by atoms with Crippen LogP contribution >= 0.6 is 11.8 Å². The Labute approximate surface area is 97.3 Å². The summed E-state index contributed by atoms with van der Waals surface area (Å²) < 4.78 is 5.20. The quantitative estimate of drug-likeness (QED) is 0.683. The molecule has 0 aromatic heterocycles. The minimum atomic E-state index is -0.167. The first-order valence-corrected chi connectivity index (χ1v) is 6.82. The van der Waals surface area contributed by atoms with Crippen LogP contribution in [0, 0.1) is 0 Å². The second-order valence-electron chi connectivity index (χ2n) is 4.14. The van der Waals surface area contributed by atoms with Gasteiger partial charge in [0.05, 0.1) is 6.10 Å². The lowest BCUT2D eigenvalue weighted by molar-refractivity contribution is -0.150. The standard InChI is InChI=1S/C11H23NO2S/c1-8(2)12-10(6-7-15-5)11(13)14-9(3)4/h8-10,12H,6-7H2,1-5H3. The zero-order valence-corrected chi connectivity index (χ0v) is 11.2. The summed E-state index contributed by atoms with van der Waals surface area (Å²) >= 11 is 1.75. The van der Waals surface area contributed by atoms with Crippen LogP contribution < -0.4 is 5.32 Å². The van der Waals surface area contributed by atoms with Gasteiger partial charge in [-0.3, -0.25) is 4.79 Å². The van der Waals surface area contributed by atoms with Gasteiger partial charge in [0.2, 0.25) is 0 Å². The van der Waals surface area contributed by atoms with Crippen molar-refractivity contribution < 1.29 is 9.53 Å². The van der Waals surface area contributed by atoms with Gasteiger partial charge in [-0.25, -0.2) is 0 Å². The Bertz CT molecular complexity index is 183. The molecule has 1 unspecified atom stereocenters. The third-order valence-corrected chi connectivity index (χ3v) is 2.43. The average molecular weight is 233 g/mol. The van der Waals surface area contributed by atoms with E-state index in [1.807, 2.05) is 34.0 Å². The van der Waals surface area contributed by atoms with Crippen LogP contribution in [-0.2, 0) is 9.53 Å². The monoisotopic (exact) mass is 233 g/mol. The van der Waals surface area contributed by atoms with Crippen LogP contribution in [0.15, 0.2) is 0 Å². The Morgan fingerprint density at radius 1 is 1.33 bits per heavy atom. The van der Waals surface area contributed by atoms with Crippen LogP contribution in [0.4, 0.5) is 0 Å². The highest BCUT2D eigenvalue weighted by Gasteiger charge is 2.20. The second kappa shape index (κ2) is 7.99. The van der Waals surface area contributed by atoms with Crippen molar-refractivity contribution in [2.75, 3.05) is 12.0 Å². The van der Waals surface area contributed by atoms with Crippen LogP contribution in [0.5, 0.6) is 0 Å². The first-order valence-electron chi connectivity index (χ1n) is 5.42. The maximum atomic E-state index is 11.7. The Kier molecular flexibility index (Phi) is 7.88. The lowest BCUT2D eigenvalue weighted by Gasteiger charge is -2.20. The highest BCUT2D eigenvalue weighted by atomic mass is 32.2. The van der Waals surface area contributed by atoms with Crippen molar-refractivity contribution >= 4 is 17.7 Å². The smallest absolute Gasteiger partial charge is 0.323 e. The zero-order chi connectivity index (χ0) is 11.8. The molecule has 0 saturated carbocycles. The first-order chi connectivity index (χ1) is 6.97. The van der Waals surface area contributed by atoms with Gasteiger partial charge in [-0.2, -0.15) is 11.8 Å². The Morgan fingerprint density at radius 2 is 1.93 bits per heavy atom. The molecule has 0 aliphatic carbocycles. The van der Waals surface area contributed by atoms with E-state index in [-0.39, 0.29) is 18.1 Å². The normalized spacial score (nSPS) is 13.3. The van der Waals surface area contributed by atoms with E-state index in [9.17, 15) is 4.79 Å². The lowest BCUT2D eigenvalue weighted by atomic mass is 10.2. The molecule has 1 N–H and O–H groups in total. The molecule has 0 bridgehead atoms. The van der Waals surface area contributed by atoms with E-state index in [2.05, 4.69) is 5.32 Å². The Balaban J connectivity index is 4.14. The van der Waals surface area contributed by atoms with Crippen molar-refractivity contribution in [3.8, 4) is 0 Å². The van der Waals surface area contributed by atoms with Crippen LogP contribution in [0.3, 0.4) is 0 Å². The van der Waals surface area contributed by atoms with Crippen LogP contribution in [0.25, 0.3) is 0 Å². The SMILES string of the molecule is CSCCC(NC(C)C)C(=O)OC(C)C. The molecule has 0 aromatic carbocycles. The number of carbonyl (C=O) groups is 1. The fraction of sp³-hybridized carbons (Fsp3) is 0.909. The highest BCUT2D eigenvalue weighted by Crippen LogP contribution is 2.05. The van der Waals surface area contributed by atoms with Crippen molar-refractivity contribution in [2.45, 2.75) is 52.3 Å². The molecule has 90 valence electrons. The van der Waals surface area contributed by atoms with Gasteiger partial charge < -0.3 is 10.1 Å². The zero-order valence-electron chi connectivity index (χ0n) is 10.4. The molecule has 0 radical (unpaired) electrons. The molecule has 0 amide bonds. The summed E-state index contributed by atoms with van der Waals surface area (Å²) in [5.41, 5.74) is 0. The summed E-state index contributed by atoms with van der Waals surface area (Å²) in [4.78, 5) is 11.7. The Morgan fingerprint density at radius 3 is 2.33 bits per heavy atom. The fourth-order valence-electron chi connectivity index (χ4n) is 1.22. The van der Waals surface area contributed by atoms with E-state index >= 15 is 0 Å². The molecule has 0 aliphatic rings. The largest absolute Gasteiger partial charge is 0.462 e. The predicted octanol–water partition coefficient (Wildman–Crippen LogP) is 2.06. The summed E-state index contributed by atoms with van der Waals surface area (Å²) in [7, 11) is 0. The van der Waals surface area contributed by atoms with Crippen LogP contribution in [0.2, 0.25) is 0 Å². The van der Waals surface area contributed by atoms with Gasteiger partial charge in [0.15, 0.2) is 0 Å². The van der Waals surface area contributed by atoms with Crippen LogP contribution in [-0.4, -0.2) is 36.2 Å². The number of thioether (sulfide) groups is 1. The lowest BCUT2D eigenvalue weighted by Crippen LogP contribution is -2.43. The fourth-order valence-corrected chi connectivity index (χ4v) is 1.69. The number of esters is 1. The summed E-state index contributed by atoms with van der Waals surface area (Å²) in [6.07, 6.45) is 2.83. The average Bonchev–Trinajstić information content (AvgIpc) is 2.10. The second-order valence-corrected chi connectivity index (χ2v) is 5.13. The van der Waals surface area contributed by atoms with E-state index in [0.717, 1.165) is 12.2 Å². The van der Waals surface area contributed by atoms with E-state index in [0.29, 0.717) is 6.04 Å². The van der Waals surface area contributed by atoms with Crippen molar-refractivity contribution in [3.05, 3.63) is 0 Å². The van der Waals surface area contributed by atoms with E-state index in [1.54, 1.807) is 11.8 Å². The molecular formula is C11H23NO2S. The summed E-state index contributed by atoms with van der Waals surface area (Å²) in [5, 5.41) is 3.23. The number of carbonyl (C=O) groups excluding carboxylic acids is 1. The van der Waals surface area contributed by atoms with E-state index in [1.165, 1.54) is 0 Å². The number of hydrogen-bond donors (Lipinski definition) is 1. The van der Waals surface area contributed by atoms with Gasteiger partial charge in [0, 0.05) is 6.04 Å². The van der Waals surface area contributed by atoms with Crippen molar-refractivity contribution in [1.29, 1.82) is 0 Å². The molecule has 0 fully saturated rings. The van der Waals surface area contributed by atoms with Crippen molar-refractivity contribution in [1.82, 2.24) is 5.32 Å². The van der Waals surface area contributed by atoms with Gasteiger partial charge >= 0.3 is 5.97 Å². The topological polar surface area (TPSA) is 38.3 Å². The predicted molar refractivity (Wildman–Crippen MR) is 66.3 cm³/mol. The molecular weight excluding hydrogens is 210 g/mol. The number of nitrogens with one attached hydrogen (secondary N) is 1. The molecule has 0 heterocycles. The van der Waals surface area contributed by atoms with Crippen molar-refractivity contribution in [2.24, 2.45) is 0 Å². The van der Waals surface area contributed by atoms with E-state index < -0.39 is 0 Å². The maximum Gasteiger partial charge on any atom is 0.323 e. The van der Waals surface area contributed by atoms with Gasteiger partial charge in [0.1, 0.15) is 6.04 Å². The molecule has 15 heavy (non-hydrogen) atoms. The molecule has 0 rings (SSSR count). The number of ether oxygens (including phenoxy) is 1. The highest BCUT2D eigenvalue weighted by molar-refractivity contribution is 7.98. The Hall–Kier alpha value is -0.220. The van der Waals surface area contributed by atoms with Crippen molar-refractivity contribution in [3.63, 3.8) is 0 Å². The van der Waals surface area contributed by atoms with E-state index in [4.69, 9.17) is 4.74 Å². The minimum absolute atomic E-state index is 0.0387. The first kappa shape index (κ1) is 14.8. The molecule has 1 atom stereocenters. The van der Waals surface area contributed by atoms with Gasteiger partial charge in [-0.1, -0.05) is 13.8 Å². The summed E-state index contributed by atoms with van der Waals surface area (Å²) in [6, 6.07) is 0.136. The molecule has 0 saturated heterocycles. The van der Waals surface area contributed by atoms with Gasteiger partial charge in [-0.05, 0) is 32.3 Å². The third-order valence-electron chi connectivity index (χ3n) is 1.78. The number of rotatable bonds is 7. The molecule has 0 aromatic rings. The minimum Gasteiger partial charge on any atom is -0.462 e. The molecule has 0 aliphatic heterocycles.